The molecule has 3 rings (SSSR count). The number of aromatic nitrogens is 2. The van der Waals surface area contributed by atoms with Crippen molar-refractivity contribution >= 4 is 34.8 Å². The first kappa shape index (κ1) is 17.5. The van der Waals surface area contributed by atoms with E-state index in [2.05, 4.69) is 15.5 Å². The van der Waals surface area contributed by atoms with Crippen LogP contribution in [0.15, 0.2) is 52.9 Å². The number of carbonyl (C=O) groups is 1. The highest BCUT2D eigenvalue weighted by Gasteiger charge is 2.24. The number of aryl methyl sites for hydroxylation is 1. The molecular weight excluding hydrogens is 361 g/mol. The van der Waals surface area contributed by atoms with E-state index in [1.165, 1.54) is 0 Å². The van der Waals surface area contributed by atoms with E-state index in [9.17, 15) is 4.79 Å². The molecule has 1 aromatic heterocycles. The molecule has 0 saturated heterocycles. The van der Waals surface area contributed by atoms with E-state index in [1.807, 2.05) is 30.3 Å². The Morgan fingerprint density at radius 3 is 2.60 bits per heavy atom. The average molecular weight is 376 g/mol. The molecule has 3 aromatic rings. The lowest BCUT2D eigenvalue weighted by Gasteiger charge is -2.14. The third-order valence-corrected chi connectivity index (χ3v) is 4.20. The van der Waals surface area contributed by atoms with E-state index in [0.29, 0.717) is 27.5 Å². The first-order chi connectivity index (χ1) is 12.0. The zero-order valence-corrected chi connectivity index (χ0v) is 14.9. The lowest BCUT2D eigenvalue weighted by Crippen LogP contribution is -2.17. The van der Waals surface area contributed by atoms with Crippen molar-refractivity contribution in [2.45, 2.75) is 19.3 Å². The highest BCUT2D eigenvalue weighted by atomic mass is 35.5. The molecule has 25 heavy (non-hydrogen) atoms. The zero-order chi connectivity index (χ0) is 17.8. The molecular formula is C18H15Cl2N3O2. The molecule has 5 nitrogen and oxygen atoms in total. The van der Waals surface area contributed by atoms with Gasteiger partial charge < -0.3 is 9.73 Å². The first-order valence-corrected chi connectivity index (χ1v) is 8.38. The maximum atomic E-state index is 12.5. The summed E-state index contributed by atoms with van der Waals surface area (Å²) in [5, 5.41) is 11.6. The van der Waals surface area contributed by atoms with Crippen molar-refractivity contribution in [3.63, 3.8) is 0 Å². The van der Waals surface area contributed by atoms with Crippen molar-refractivity contribution in [2.75, 3.05) is 5.32 Å². The van der Waals surface area contributed by atoms with E-state index in [1.54, 1.807) is 25.1 Å². The summed E-state index contributed by atoms with van der Waals surface area (Å²) in [4.78, 5) is 12.5. The Kier molecular flexibility index (Phi) is 5.36. The SMILES string of the molecule is Cc1nnc(C(CC(=O)Nc2cc(Cl)ccc2Cl)c2ccccc2)o1. The topological polar surface area (TPSA) is 68.0 Å². The summed E-state index contributed by atoms with van der Waals surface area (Å²) in [5.41, 5.74) is 1.38. The van der Waals surface area contributed by atoms with Crippen LogP contribution in [0, 0.1) is 6.92 Å². The predicted octanol–water partition coefficient (Wildman–Crippen LogP) is 4.85. The lowest BCUT2D eigenvalue weighted by atomic mass is 9.95. The Labute approximate surface area is 155 Å². The fourth-order valence-electron chi connectivity index (χ4n) is 2.47. The minimum atomic E-state index is -0.347. The van der Waals surface area contributed by atoms with Gasteiger partial charge in [-0.15, -0.1) is 10.2 Å². The molecule has 1 heterocycles. The minimum absolute atomic E-state index is 0.133. The molecule has 1 N–H and O–H groups in total. The van der Waals surface area contributed by atoms with E-state index >= 15 is 0 Å². The van der Waals surface area contributed by atoms with E-state index in [4.69, 9.17) is 27.6 Å². The molecule has 0 aliphatic heterocycles. The van der Waals surface area contributed by atoms with Gasteiger partial charge in [-0.1, -0.05) is 53.5 Å². The lowest BCUT2D eigenvalue weighted by molar-refractivity contribution is -0.116. The van der Waals surface area contributed by atoms with Crippen molar-refractivity contribution < 1.29 is 9.21 Å². The van der Waals surface area contributed by atoms with Gasteiger partial charge in [0.05, 0.1) is 16.6 Å². The maximum Gasteiger partial charge on any atom is 0.225 e. The van der Waals surface area contributed by atoms with Crippen molar-refractivity contribution in [3.05, 3.63) is 75.9 Å². The van der Waals surface area contributed by atoms with Crippen LogP contribution in [0.4, 0.5) is 5.69 Å². The molecule has 0 fully saturated rings. The number of rotatable bonds is 5. The second-order valence-electron chi connectivity index (χ2n) is 5.50. The predicted molar refractivity (Wildman–Crippen MR) is 97.0 cm³/mol. The number of carbonyl (C=O) groups excluding carboxylic acids is 1. The molecule has 2 aromatic carbocycles. The largest absolute Gasteiger partial charge is 0.425 e. The van der Waals surface area contributed by atoms with Crippen LogP contribution in [0.3, 0.4) is 0 Å². The summed E-state index contributed by atoms with van der Waals surface area (Å²) < 4.78 is 5.54. The Hall–Kier alpha value is -2.37. The summed E-state index contributed by atoms with van der Waals surface area (Å²) in [5.74, 6) is 0.277. The molecule has 0 radical (unpaired) electrons. The van der Waals surface area contributed by atoms with Gasteiger partial charge in [0.25, 0.3) is 0 Å². The number of benzene rings is 2. The van der Waals surface area contributed by atoms with Crippen molar-refractivity contribution in [1.29, 1.82) is 0 Å². The van der Waals surface area contributed by atoms with Crippen LogP contribution in [0.2, 0.25) is 10.0 Å². The molecule has 0 spiro atoms. The zero-order valence-electron chi connectivity index (χ0n) is 13.4. The van der Waals surface area contributed by atoms with Crippen LogP contribution >= 0.6 is 23.2 Å². The van der Waals surface area contributed by atoms with Crippen LogP contribution in [0.1, 0.15) is 29.7 Å². The number of anilines is 1. The van der Waals surface area contributed by atoms with Crippen molar-refractivity contribution in [1.82, 2.24) is 10.2 Å². The molecule has 1 atom stereocenters. The molecule has 128 valence electrons. The van der Waals surface area contributed by atoms with Gasteiger partial charge in [0.1, 0.15) is 0 Å². The Morgan fingerprint density at radius 2 is 1.92 bits per heavy atom. The summed E-state index contributed by atoms with van der Waals surface area (Å²) >= 11 is 12.1. The molecule has 0 aliphatic carbocycles. The number of amides is 1. The van der Waals surface area contributed by atoms with Gasteiger partial charge in [0, 0.05) is 18.4 Å². The van der Waals surface area contributed by atoms with Gasteiger partial charge >= 0.3 is 0 Å². The third kappa shape index (κ3) is 4.38. The fourth-order valence-corrected chi connectivity index (χ4v) is 2.80. The standard InChI is InChI=1S/C18H15Cl2N3O2/c1-11-22-23-18(25-11)14(12-5-3-2-4-6-12)10-17(24)21-16-9-13(19)7-8-15(16)20/h2-9,14H,10H2,1H3,(H,21,24). The normalized spacial score (nSPS) is 12.0. The molecule has 7 heteroatoms. The number of hydrogen-bond acceptors (Lipinski definition) is 4. The van der Waals surface area contributed by atoms with Gasteiger partial charge in [0.15, 0.2) is 0 Å². The quantitative estimate of drug-likeness (QED) is 0.692. The first-order valence-electron chi connectivity index (χ1n) is 7.63. The van der Waals surface area contributed by atoms with Crippen LogP contribution in [-0.4, -0.2) is 16.1 Å². The van der Waals surface area contributed by atoms with Crippen molar-refractivity contribution in [2.24, 2.45) is 0 Å². The van der Waals surface area contributed by atoms with Gasteiger partial charge in [-0.3, -0.25) is 4.79 Å². The number of nitrogens with one attached hydrogen (secondary N) is 1. The van der Waals surface area contributed by atoms with Crippen molar-refractivity contribution in [3.8, 4) is 0 Å². The Balaban J connectivity index is 1.83. The summed E-state index contributed by atoms with van der Waals surface area (Å²) in [6.45, 7) is 1.71. The monoisotopic (exact) mass is 375 g/mol. The van der Waals surface area contributed by atoms with Gasteiger partial charge in [0.2, 0.25) is 17.7 Å². The van der Waals surface area contributed by atoms with Crippen LogP contribution < -0.4 is 5.32 Å². The molecule has 0 aliphatic rings. The smallest absolute Gasteiger partial charge is 0.225 e. The minimum Gasteiger partial charge on any atom is -0.425 e. The maximum absolute atomic E-state index is 12.5. The Bertz CT molecular complexity index is 881. The number of nitrogens with zero attached hydrogens (tertiary/aromatic N) is 2. The van der Waals surface area contributed by atoms with E-state index in [0.717, 1.165) is 5.56 Å². The highest BCUT2D eigenvalue weighted by Crippen LogP contribution is 2.29. The average Bonchev–Trinajstić information content (AvgIpc) is 3.03. The summed E-state index contributed by atoms with van der Waals surface area (Å²) in [7, 11) is 0. The van der Waals surface area contributed by atoms with Crippen LogP contribution in [0.5, 0.6) is 0 Å². The van der Waals surface area contributed by atoms with Gasteiger partial charge in [-0.05, 0) is 23.8 Å². The third-order valence-electron chi connectivity index (χ3n) is 3.63. The number of hydrogen-bond donors (Lipinski definition) is 1. The fraction of sp³-hybridized carbons (Fsp3) is 0.167. The summed E-state index contributed by atoms with van der Waals surface area (Å²) in [6, 6.07) is 14.5. The second kappa shape index (κ2) is 7.68. The van der Waals surface area contributed by atoms with E-state index < -0.39 is 0 Å². The van der Waals surface area contributed by atoms with Gasteiger partial charge in [-0.25, -0.2) is 0 Å². The van der Waals surface area contributed by atoms with Crippen LogP contribution in [0.25, 0.3) is 0 Å². The van der Waals surface area contributed by atoms with Crippen LogP contribution in [-0.2, 0) is 4.79 Å². The number of halogens is 2. The molecule has 0 saturated carbocycles. The Morgan fingerprint density at radius 1 is 1.16 bits per heavy atom. The molecule has 1 unspecified atom stereocenters. The summed E-state index contributed by atoms with van der Waals surface area (Å²) in [6.07, 6.45) is 0.133. The van der Waals surface area contributed by atoms with Gasteiger partial charge in [-0.2, -0.15) is 0 Å². The van der Waals surface area contributed by atoms with E-state index in [-0.39, 0.29) is 18.2 Å². The molecule has 1 amide bonds. The second-order valence-corrected chi connectivity index (χ2v) is 6.34. The molecule has 0 bridgehead atoms. The highest BCUT2D eigenvalue weighted by molar-refractivity contribution is 6.35.